The lowest BCUT2D eigenvalue weighted by Crippen LogP contribution is -2.25. The summed E-state index contributed by atoms with van der Waals surface area (Å²) in [5, 5.41) is 0. The number of ether oxygens (including phenoxy) is 1. The quantitative estimate of drug-likeness (QED) is 0.230. The number of carbonyl (C=O) groups excluding carboxylic acids is 2. The van der Waals surface area contributed by atoms with Gasteiger partial charge in [-0.2, -0.15) is 0 Å². The zero-order chi connectivity index (χ0) is 21.7. The van der Waals surface area contributed by atoms with Gasteiger partial charge in [-0.25, -0.2) is 0 Å². The lowest BCUT2D eigenvalue weighted by atomic mass is 9.84. The molecule has 2 aromatic carbocycles. The number of hydrogen-bond donors (Lipinski definition) is 0. The van der Waals surface area contributed by atoms with Gasteiger partial charge < -0.3 is 9.53 Å². The summed E-state index contributed by atoms with van der Waals surface area (Å²) in [6, 6.07) is 14.8. The summed E-state index contributed by atoms with van der Waals surface area (Å²) in [5.74, 6) is 1.36. The van der Waals surface area contributed by atoms with Gasteiger partial charge in [-0.05, 0) is 31.0 Å². The van der Waals surface area contributed by atoms with Crippen LogP contribution >= 0.6 is 11.8 Å². The third-order valence-corrected chi connectivity index (χ3v) is 6.33. The zero-order valence-corrected chi connectivity index (χ0v) is 19.2. The predicted molar refractivity (Wildman–Crippen MR) is 123 cm³/mol. The Bertz CT molecular complexity index is 758. The fraction of sp³-hybridized carbons (Fsp3) is 0.440. The van der Waals surface area contributed by atoms with E-state index in [0.29, 0.717) is 22.6 Å². The first kappa shape index (κ1) is 25.0. The van der Waals surface area contributed by atoms with Crippen LogP contribution in [0, 0.1) is 5.41 Å². The fourth-order valence-electron chi connectivity index (χ4n) is 2.96. The van der Waals surface area contributed by atoms with E-state index in [9.17, 15) is 9.59 Å². The minimum Gasteiger partial charge on any atom is -0.497 e. The Hall–Kier alpha value is -2.07. The number of aldehydes is 1. The maximum atomic E-state index is 13.0. The SMILES string of the molecule is CC.CCCCC(C=O)(CC)CSc1cc(OC)ccc1C(=O)c1ccccc1. The molecule has 0 aromatic heterocycles. The van der Waals surface area contributed by atoms with Crippen LogP contribution in [-0.4, -0.2) is 24.9 Å². The smallest absolute Gasteiger partial charge is 0.194 e. The molecule has 0 amide bonds. The Morgan fingerprint density at radius 1 is 1.10 bits per heavy atom. The predicted octanol–water partition coefficient (Wildman–Crippen LogP) is 6.83. The maximum Gasteiger partial charge on any atom is 0.194 e. The van der Waals surface area contributed by atoms with Crippen molar-refractivity contribution in [1.29, 1.82) is 0 Å². The molecule has 0 fully saturated rings. The van der Waals surface area contributed by atoms with Crippen LogP contribution in [0.25, 0.3) is 0 Å². The summed E-state index contributed by atoms with van der Waals surface area (Å²) in [6.45, 7) is 8.20. The van der Waals surface area contributed by atoms with Crippen LogP contribution in [-0.2, 0) is 4.79 Å². The number of rotatable bonds is 11. The molecule has 1 unspecified atom stereocenters. The normalized spacial score (nSPS) is 12.3. The van der Waals surface area contributed by atoms with Gasteiger partial charge in [-0.3, -0.25) is 4.79 Å². The summed E-state index contributed by atoms with van der Waals surface area (Å²) < 4.78 is 5.35. The van der Waals surface area contributed by atoms with Gasteiger partial charge in [0.2, 0.25) is 0 Å². The van der Waals surface area contributed by atoms with Crippen molar-refractivity contribution in [2.24, 2.45) is 5.41 Å². The number of benzene rings is 2. The highest BCUT2D eigenvalue weighted by Gasteiger charge is 2.28. The van der Waals surface area contributed by atoms with Crippen LogP contribution in [0.2, 0.25) is 0 Å². The number of ketones is 1. The lowest BCUT2D eigenvalue weighted by molar-refractivity contribution is -0.115. The molecule has 0 aliphatic carbocycles. The Morgan fingerprint density at radius 2 is 1.79 bits per heavy atom. The number of hydrogen-bond acceptors (Lipinski definition) is 4. The van der Waals surface area contributed by atoms with Crippen molar-refractivity contribution in [3.63, 3.8) is 0 Å². The summed E-state index contributed by atoms with van der Waals surface area (Å²) >= 11 is 1.57. The first-order valence-corrected chi connectivity index (χ1v) is 11.4. The molecule has 4 heteroatoms. The summed E-state index contributed by atoms with van der Waals surface area (Å²) in [5.41, 5.74) is 0.961. The molecule has 0 radical (unpaired) electrons. The molecule has 1 atom stereocenters. The zero-order valence-electron chi connectivity index (χ0n) is 18.4. The minimum atomic E-state index is -0.350. The molecule has 29 heavy (non-hydrogen) atoms. The molecule has 0 heterocycles. The van der Waals surface area contributed by atoms with Gasteiger partial charge in [0.25, 0.3) is 0 Å². The van der Waals surface area contributed by atoms with E-state index in [-0.39, 0.29) is 11.2 Å². The summed E-state index contributed by atoms with van der Waals surface area (Å²) in [7, 11) is 1.62. The molecule has 158 valence electrons. The molecule has 0 aliphatic rings. The molecule has 0 N–H and O–H groups in total. The van der Waals surface area contributed by atoms with Crippen molar-refractivity contribution in [2.75, 3.05) is 12.9 Å². The number of carbonyl (C=O) groups is 2. The van der Waals surface area contributed by atoms with E-state index in [4.69, 9.17) is 4.74 Å². The fourth-order valence-corrected chi connectivity index (χ4v) is 4.33. The van der Waals surface area contributed by atoms with Crippen LogP contribution < -0.4 is 4.74 Å². The third kappa shape index (κ3) is 7.04. The highest BCUT2D eigenvalue weighted by Crippen LogP contribution is 2.37. The second-order valence-corrected chi connectivity index (χ2v) is 7.80. The van der Waals surface area contributed by atoms with Crippen LogP contribution in [0.1, 0.15) is 69.3 Å². The van der Waals surface area contributed by atoms with Crippen molar-refractivity contribution in [1.82, 2.24) is 0 Å². The van der Waals surface area contributed by atoms with E-state index >= 15 is 0 Å². The van der Waals surface area contributed by atoms with Gasteiger partial charge in [-0.1, -0.05) is 70.9 Å². The van der Waals surface area contributed by atoms with Gasteiger partial charge >= 0.3 is 0 Å². The Kier molecular flexibility index (Phi) is 11.4. The standard InChI is InChI=1S/C23H28O3S.C2H6/c1-4-6-14-23(5-2,16-24)17-27-21-15-19(26-3)12-13-20(21)22(25)18-10-8-7-9-11-18;1-2/h7-13,15-16H,4-6,14,17H2,1-3H3;1-2H3. The summed E-state index contributed by atoms with van der Waals surface area (Å²) in [6.07, 6.45) is 4.88. The second kappa shape index (κ2) is 13.2. The highest BCUT2D eigenvalue weighted by atomic mass is 32.2. The molecule has 2 aromatic rings. The van der Waals surface area contributed by atoms with Gasteiger partial charge in [-0.15, -0.1) is 11.8 Å². The number of thioether (sulfide) groups is 1. The first-order chi connectivity index (χ1) is 14.1. The average Bonchev–Trinajstić information content (AvgIpc) is 2.81. The van der Waals surface area contributed by atoms with Crippen molar-refractivity contribution < 1.29 is 14.3 Å². The number of unbranched alkanes of at least 4 members (excludes halogenated alkanes) is 1. The van der Waals surface area contributed by atoms with E-state index in [1.54, 1.807) is 18.9 Å². The Balaban J connectivity index is 0.00000204. The molecular formula is C25H34O3S. The van der Waals surface area contributed by atoms with E-state index in [0.717, 1.165) is 36.9 Å². The van der Waals surface area contributed by atoms with E-state index in [1.807, 2.05) is 62.4 Å². The Labute approximate surface area is 180 Å². The Morgan fingerprint density at radius 3 is 2.34 bits per heavy atom. The molecule has 0 spiro atoms. The maximum absolute atomic E-state index is 13.0. The molecular weight excluding hydrogens is 380 g/mol. The van der Waals surface area contributed by atoms with Gasteiger partial charge in [0.15, 0.2) is 5.78 Å². The first-order valence-electron chi connectivity index (χ1n) is 10.5. The summed E-state index contributed by atoms with van der Waals surface area (Å²) in [4.78, 5) is 25.7. The van der Waals surface area contributed by atoms with Crippen LogP contribution in [0.4, 0.5) is 0 Å². The third-order valence-electron chi connectivity index (χ3n) is 4.97. The molecule has 0 saturated heterocycles. The molecule has 2 rings (SSSR count). The monoisotopic (exact) mass is 414 g/mol. The van der Waals surface area contributed by atoms with E-state index in [2.05, 4.69) is 13.8 Å². The average molecular weight is 415 g/mol. The van der Waals surface area contributed by atoms with E-state index < -0.39 is 0 Å². The van der Waals surface area contributed by atoms with Gasteiger partial charge in [0.1, 0.15) is 12.0 Å². The highest BCUT2D eigenvalue weighted by molar-refractivity contribution is 7.99. The largest absolute Gasteiger partial charge is 0.497 e. The molecule has 0 bridgehead atoms. The van der Waals surface area contributed by atoms with Crippen molar-refractivity contribution >= 4 is 23.8 Å². The van der Waals surface area contributed by atoms with Crippen molar-refractivity contribution in [3.05, 3.63) is 59.7 Å². The molecule has 0 saturated carbocycles. The van der Waals surface area contributed by atoms with E-state index in [1.165, 1.54) is 0 Å². The lowest BCUT2D eigenvalue weighted by Gasteiger charge is -2.26. The molecule has 0 aliphatic heterocycles. The van der Waals surface area contributed by atoms with Crippen LogP contribution in [0.5, 0.6) is 5.75 Å². The van der Waals surface area contributed by atoms with Gasteiger partial charge in [0, 0.05) is 27.2 Å². The van der Waals surface area contributed by atoms with Crippen LogP contribution in [0.3, 0.4) is 0 Å². The molecule has 3 nitrogen and oxygen atoms in total. The van der Waals surface area contributed by atoms with Gasteiger partial charge in [0.05, 0.1) is 7.11 Å². The second-order valence-electron chi connectivity index (χ2n) is 6.78. The van der Waals surface area contributed by atoms with Crippen LogP contribution in [0.15, 0.2) is 53.4 Å². The minimum absolute atomic E-state index is 0.0116. The van der Waals surface area contributed by atoms with Crippen molar-refractivity contribution in [3.8, 4) is 5.75 Å². The topological polar surface area (TPSA) is 43.4 Å². The van der Waals surface area contributed by atoms with Crippen molar-refractivity contribution in [2.45, 2.75) is 58.3 Å². The number of methoxy groups -OCH3 is 1.